The van der Waals surface area contributed by atoms with Crippen LogP contribution in [0, 0.1) is 6.92 Å². The third-order valence-corrected chi connectivity index (χ3v) is 5.05. The fraction of sp³-hybridized carbons (Fsp3) is 0.316. The maximum absolute atomic E-state index is 4.74. The largest absolute Gasteiger partial charge is 0.356 e. The molecular formula is C19H25IN6S. The van der Waals surface area contributed by atoms with E-state index in [0.29, 0.717) is 6.54 Å². The molecule has 1 aromatic carbocycles. The van der Waals surface area contributed by atoms with Crippen molar-refractivity contribution in [3.8, 4) is 10.6 Å². The topological polar surface area (TPSA) is 67.1 Å². The van der Waals surface area contributed by atoms with Crippen molar-refractivity contribution >= 4 is 41.3 Å². The SMILES string of the molecule is CN=C(NCCc1csc(-c2ccc(C)cc2)n1)NCc1ccnn1C.I. The van der Waals surface area contributed by atoms with E-state index in [2.05, 4.69) is 57.3 Å². The second kappa shape index (κ2) is 10.4. The van der Waals surface area contributed by atoms with Crippen molar-refractivity contribution in [2.75, 3.05) is 13.6 Å². The molecule has 0 atom stereocenters. The van der Waals surface area contributed by atoms with Crippen molar-refractivity contribution in [3.05, 3.63) is 58.9 Å². The van der Waals surface area contributed by atoms with Crippen LogP contribution in [0.2, 0.25) is 0 Å². The van der Waals surface area contributed by atoms with Crippen LogP contribution >= 0.6 is 35.3 Å². The summed E-state index contributed by atoms with van der Waals surface area (Å²) in [7, 11) is 3.71. The van der Waals surface area contributed by atoms with Crippen LogP contribution in [0.15, 0.2) is 46.9 Å². The summed E-state index contributed by atoms with van der Waals surface area (Å²) in [6, 6.07) is 10.5. The van der Waals surface area contributed by atoms with E-state index in [1.165, 1.54) is 11.1 Å². The van der Waals surface area contributed by atoms with Crippen LogP contribution in [0.5, 0.6) is 0 Å². The maximum Gasteiger partial charge on any atom is 0.191 e. The number of aryl methyl sites for hydroxylation is 2. The van der Waals surface area contributed by atoms with E-state index < -0.39 is 0 Å². The number of guanidine groups is 1. The minimum Gasteiger partial charge on any atom is -0.356 e. The third kappa shape index (κ3) is 6.03. The molecule has 0 amide bonds. The lowest BCUT2D eigenvalue weighted by Crippen LogP contribution is -2.38. The van der Waals surface area contributed by atoms with Crippen molar-refractivity contribution in [2.45, 2.75) is 19.9 Å². The first-order chi connectivity index (χ1) is 12.7. The van der Waals surface area contributed by atoms with E-state index in [-0.39, 0.29) is 24.0 Å². The summed E-state index contributed by atoms with van der Waals surface area (Å²) in [5.74, 6) is 0.778. The first-order valence-electron chi connectivity index (χ1n) is 8.58. The van der Waals surface area contributed by atoms with E-state index in [9.17, 15) is 0 Å². The molecule has 0 saturated heterocycles. The molecule has 6 nitrogen and oxygen atoms in total. The quantitative estimate of drug-likeness (QED) is 0.312. The Hall–Kier alpha value is -1.94. The number of aliphatic imine (C=N–C) groups is 1. The summed E-state index contributed by atoms with van der Waals surface area (Å²) in [6.07, 6.45) is 2.65. The molecule has 0 aliphatic rings. The van der Waals surface area contributed by atoms with Gasteiger partial charge in [0.15, 0.2) is 5.96 Å². The van der Waals surface area contributed by atoms with Crippen LogP contribution in [0.4, 0.5) is 0 Å². The summed E-state index contributed by atoms with van der Waals surface area (Å²) in [6.45, 7) is 3.56. The zero-order valence-corrected chi connectivity index (χ0v) is 18.9. The predicted molar refractivity (Wildman–Crippen MR) is 123 cm³/mol. The summed E-state index contributed by atoms with van der Waals surface area (Å²) in [4.78, 5) is 8.99. The molecule has 0 bridgehead atoms. The number of aromatic nitrogens is 3. The van der Waals surface area contributed by atoms with Gasteiger partial charge in [0, 0.05) is 44.2 Å². The number of hydrogen-bond donors (Lipinski definition) is 2. The molecule has 0 unspecified atom stereocenters. The number of nitrogens with zero attached hydrogens (tertiary/aromatic N) is 4. The van der Waals surface area contributed by atoms with Gasteiger partial charge < -0.3 is 10.6 Å². The third-order valence-electron chi connectivity index (χ3n) is 4.11. The van der Waals surface area contributed by atoms with Gasteiger partial charge >= 0.3 is 0 Å². The molecule has 2 N–H and O–H groups in total. The van der Waals surface area contributed by atoms with E-state index in [1.54, 1.807) is 24.6 Å². The van der Waals surface area contributed by atoms with Crippen LogP contribution in [0.3, 0.4) is 0 Å². The van der Waals surface area contributed by atoms with Gasteiger partial charge in [-0.15, -0.1) is 35.3 Å². The smallest absolute Gasteiger partial charge is 0.191 e. The molecule has 0 fully saturated rings. The molecule has 27 heavy (non-hydrogen) atoms. The van der Waals surface area contributed by atoms with Gasteiger partial charge in [0.25, 0.3) is 0 Å². The average Bonchev–Trinajstić information content (AvgIpc) is 3.28. The Morgan fingerprint density at radius 3 is 2.63 bits per heavy atom. The molecule has 3 rings (SSSR count). The molecule has 0 aliphatic carbocycles. The van der Waals surface area contributed by atoms with Crippen molar-refractivity contribution in [2.24, 2.45) is 12.0 Å². The fourth-order valence-electron chi connectivity index (χ4n) is 2.53. The Morgan fingerprint density at radius 2 is 1.96 bits per heavy atom. The highest BCUT2D eigenvalue weighted by Crippen LogP contribution is 2.24. The van der Waals surface area contributed by atoms with E-state index in [0.717, 1.165) is 35.3 Å². The van der Waals surface area contributed by atoms with Crippen LogP contribution in [-0.4, -0.2) is 34.3 Å². The van der Waals surface area contributed by atoms with Crippen molar-refractivity contribution < 1.29 is 0 Å². The van der Waals surface area contributed by atoms with E-state index in [4.69, 9.17) is 4.98 Å². The molecule has 2 aromatic heterocycles. The summed E-state index contributed by atoms with van der Waals surface area (Å²) < 4.78 is 1.85. The summed E-state index contributed by atoms with van der Waals surface area (Å²) >= 11 is 1.69. The Bertz CT molecular complexity index is 868. The van der Waals surface area contributed by atoms with E-state index >= 15 is 0 Å². The fourth-order valence-corrected chi connectivity index (χ4v) is 3.39. The van der Waals surface area contributed by atoms with Crippen molar-refractivity contribution in [1.82, 2.24) is 25.4 Å². The number of benzene rings is 1. The van der Waals surface area contributed by atoms with Crippen LogP contribution in [0.25, 0.3) is 10.6 Å². The van der Waals surface area contributed by atoms with Gasteiger partial charge in [-0.3, -0.25) is 9.67 Å². The monoisotopic (exact) mass is 496 g/mol. The number of thiazole rings is 1. The van der Waals surface area contributed by atoms with Gasteiger partial charge in [-0.2, -0.15) is 5.10 Å². The summed E-state index contributed by atoms with van der Waals surface area (Å²) in [5.41, 5.74) is 4.64. The Kier molecular flexibility index (Phi) is 8.23. The van der Waals surface area contributed by atoms with Gasteiger partial charge in [-0.05, 0) is 13.0 Å². The molecule has 0 saturated carbocycles. The Balaban J connectivity index is 0.00000261. The highest BCUT2D eigenvalue weighted by atomic mass is 127. The average molecular weight is 496 g/mol. The molecule has 144 valence electrons. The minimum atomic E-state index is 0. The number of hydrogen-bond acceptors (Lipinski definition) is 4. The Morgan fingerprint density at radius 1 is 1.19 bits per heavy atom. The molecule has 0 aliphatic heterocycles. The lowest BCUT2D eigenvalue weighted by Gasteiger charge is -2.11. The second-order valence-electron chi connectivity index (χ2n) is 6.06. The molecule has 3 aromatic rings. The molecule has 8 heteroatoms. The minimum absolute atomic E-state index is 0. The number of nitrogens with one attached hydrogen (secondary N) is 2. The zero-order chi connectivity index (χ0) is 18.4. The first-order valence-corrected chi connectivity index (χ1v) is 9.46. The van der Waals surface area contributed by atoms with Gasteiger partial charge in [-0.25, -0.2) is 4.98 Å². The highest BCUT2D eigenvalue weighted by Gasteiger charge is 2.06. The number of halogens is 1. The lowest BCUT2D eigenvalue weighted by molar-refractivity contribution is 0.683. The second-order valence-corrected chi connectivity index (χ2v) is 6.92. The van der Waals surface area contributed by atoms with E-state index in [1.807, 2.05) is 17.8 Å². The van der Waals surface area contributed by atoms with Gasteiger partial charge in [0.05, 0.1) is 17.9 Å². The van der Waals surface area contributed by atoms with Crippen molar-refractivity contribution in [1.29, 1.82) is 0 Å². The van der Waals surface area contributed by atoms with Gasteiger partial charge in [0.1, 0.15) is 5.01 Å². The van der Waals surface area contributed by atoms with Crippen molar-refractivity contribution in [3.63, 3.8) is 0 Å². The molecule has 0 radical (unpaired) electrons. The van der Waals surface area contributed by atoms with Crippen LogP contribution < -0.4 is 10.6 Å². The predicted octanol–water partition coefficient (Wildman–Crippen LogP) is 3.38. The zero-order valence-electron chi connectivity index (χ0n) is 15.8. The maximum atomic E-state index is 4.74. The van der Waals surface area contributed by atoms with Crippen LogP contribution in [-0.2, 0) is 20.0 Å². The normalized spacial score (nSPS) is 11.1. The molecule has 0 spiro atoms. The van der Waals surface area contributed by atoms with Crippen LogP contribution in [0.1, 0.15) is 17.0 Å². The molecular weight excluding hydrogens is 471 g/mol. The lowest BCUT2D eigenvalue weighted by atomic mass is 10.2. The standard InChI is InChI=1S/C19H24N6S.HI/c1-14-4-6-15(7-5-14)18-24-16(13-26-18)8-10-21-19(20-2)22-12-17-9-11-23-25(17)3;/h4-7,9,11,13H,8,10,12H2,1-3H3,(H2,20,21,22);1H. The first kappa shape index (κ1) is 21.4. The summed E-state index contributed by atoms with van der Waals surface area (Å²) in [5, 5.41) is 14.0. The Labute approximate surface area is 181 Å². The number of rotatable bonds is 6. The highest BCUT2D eigenvalue weighted by molar-refractivity contribution is 14.0. The molecule has 2 heterocycles. The van der Waals surface area contributed by atoms with Gasteiger partial charge in [-0.1, -0.05) is 29.8 Å². The van der Waals surface area contributed by atoms with Gasteiger partial charge in [0.2, 0.25) is 0 Å².